The van der Waals surface area contributed by atoms with Crippen LogP contribution in [0.4, 0.5) is 10.5 Å². The van der Waals surface area contributed by atoms with Crippen LogP contribution in [0.1, 0.15) is 44.3 Å². The summed E-state index contributed by atoms with van der Waals surface area (Å²) in [7, 11) is 0. The number of carbonyl (C=O) groups is 1. The zero-order chi connectivity index (χ0) is 16.9. The van der Waals surface area contributed by atoms with Crippen molar-refractivity contribution in [3.8, 4) is 0 Å². The number of pyridine rings is 1. The number of anilines is 1. The van der Waals surface area contributed by atoms with Gasteiger partial charge in [-0.05, 0) is 56.2 Å². The SMILES string of the molecule is C[C@@H](c1ccccn1)N(C(=O)Nc1ccc(Cl)cc1)C1CCCC1. The lowest BCUT2D eigenvalue weighted by atomic mass is 10.1. The van der Waals surface area contributed by atoms with Crippen molar-refractivity contribution >= 4 is 23.3 Å². The van der Waals surface area contributed by atoms with Crippen molar-refractivity contribution in [3.05, 3.63) is 59.4 Å². The Kier molecular flexibility index (Phi) is 5.36. The summed E-state index contributed by atoms with van der Waals surface area (Å²) in [6, 6.07) is 13.1. The summed E-state index contributed by atoms with van der Waals surface area (Å²) >= 11 is 5.91. The second-order valence-electron chi connectivity index (χ2n) is 6.21. The Morgan fingerprint density at radius 1 is 1.21 bits per heavy atom. The Labute approximate surface area is 147 Å². The van der Waals surface area contributed by atoms with Crippen molar-refractivity contribution in [1.82, 2.24) is 9.88 Å². The molecule has 0 spiro atoms. The van der Waals surface area contributed by atoms with Gasteiger partial charge < -0.3 is 10.2 Å². The third-order valence-electron chi connectivity index (χ3n) is 4.58. The summed E-state index contributed by atoms with van der Waals surface area (Å²) in [5.41, 5.74) is 1.66. The topological polar surface area (TPSA) is 45.2 Å². The predicted molar refractivity (Wildman–Crippen MR) is 97.2 cm³/mol. The first kappa shape index (κ1) is 16.8. The van der Waals surface area contributed by atoms with Crippen molar-refractivity contribution in [2.75, 3.05) is 5.32 Å². The number of aromatic nitrogens is 1. The molecule has 0 radical (unpaired) electrons. The molecule has 1 N–H and O–H groups in total. The molecule has 2 aromatic rings. The quantitative estimate of drug-likeness (QED) is 0.821. The maximum Gasteiger partial charge on any atom is 0.322 e. The molecule has 24 heavy (non-hydrogen) atoms. The molecule has 1 saturated carbocycles. The maximum atomic E-state index is 13.0. The van der Waals surface area contributed by atoms with E-state index in [0.29, 0.717) is 5.02 Å². The fourth-order valence-electron chi connectivity index (χ4n) is 3.33. The molecule has 1 aromatic carbocycles. The number of benzene rings is 1. The van der Waals surface area contributed by atoms with Gasteiger partial charge in [0.05, 0.1) is 11.7 Å². The largest absolute Gasteiger partial charge is 0.322 e. The van der Waals surface area contributed by atoms with Crippen LogP contribution >= 0.6 is 11.6 Å². The lowest BCUT2D eigenvalue weighted by molar-refractivity contribution is 0.161. The van der Waals surface area contributed by atoms with Crippen LogP contribution < -0.4 is 5.32 Å². The third-order valence-corrected chi connectivity index (χ3v) is 4.83. The summed E-state index contributed by atoms with van der Waals surface area (Å²) in [4.78, 5) is 19.3. The van der Waals surface area contributed by atoms with E-state index in [9.17, 15) is 4.79 Å². The minimum atomic E-state index is -0.0811. The number of hydrogen-bond acceptors (Lipinski definition) is 2. The minimum absolute atomic E-state index is 0.0680. The van der Waals surface area contributed by atoms with Crippen molar-refractivity contribution in [2.45, 2.75) is 44.7 Å². The smallest absolute Gasteiger partial charge is 0.313 e. The average molecular weight is 344 g/mol. The van der Waals surface area contributed by atoms with Crippen LogP contribution in [-0.4, -0.2) is 22.0 Å². The molecule has 1 aliphatic rings. The van der Waals surface area contributed by atoms with E-state index in [1.165, 1.54) is 12.8 Å². The molecule has 5 heteroatoms. The molecule has 1 heterocycles. The number of nitrogens with one attached hydrogen (secondary N) is 1. The highest BCUT2D eigenvalue weighted by Gasteiger charge is 2.31. The molecule has 0 aliphatic heterocycles. The minimum Gasteiger partial charge on any atom is -0.313 e. The van der Waals surface area contributed by atoms with Gasteiger partial charge in [0.25, 0.3) is 0 Å². The highest BCUT2D eigenvalue weighted by molar-refractivity contribution is 6.30. The van der Waals surface area contributed by atoms with Gasteiger partial charge in [-0.1, -0.05) is 30.5 Å². The lowest BCUT2D eigenvalue weighted by Gasteiger charge is -2.34. The molecule has 1 fully saturated rings. The van der Waals surface area contributed by atoms with Crippen molar-refractivity contribution in [1.29, 1.82) is 0 Å². The second-order valence-corrected chi connectivity index (χ2v) is 6.65. The molecule has 4 nitrogen and oxygen atoms in total. The monoisotopic (exact) mass is 343 g/mol. The van der Waals surface area contributed by atoms with Crippen LogP contribution in [0.15, 0.2) is 48.7 Å². The van der Waals surface area contributed by atoms with Crippen LogP contribution in [0.3, 0.4) is 0 Å². The Bertz CT molecular complexity index is 669. The zero-order valence-corrected chi connectivity index (χ0v) is 14.5. The summed E-state index contributed by atoms with van der Waals surface area (Å²) in [6.07, 6.45) is 6.21. The van der Waals surface area contributed by atoms with Gasteiger partial charge in [0.15, 0.2) is 0 Å². The second kappa shape index (κ2) is 7.67. The van der Waals surface area contributed by atoms with E-state index >= 15 is 0 Å². The highest BCUT2D eigenvalue weighted by atomic mass is 35.5. The van der Waals surface area contributed by atoms with Crippen molar-refractivity contribution in [3.63, 3.8) is 0 Å². The average Bonchev–Trinajstić information content (AvgIpc) is 3.12. The molecule has 0 unspecified atom stereocenters. The molecule has 0 saturated heterocycles. The van der Waals surface area contributed by atoms with Gasteiger partial charge in [-0.2, -0.15) is 0 Å². The number of urea groups is 1. The number of amides is 2. The fourth-order valence-corrected chi connectivity index (χ4v) is 3.45. The lowest BCUT2D eigenvalue weighted by Crippen LogP contribution is -2.43. The molecule has 126 valence electrons. The van der Waals surface area contributed by atoms with Gasteiger partial charge in [-0.15, -0.1) is 0 Å². The zero-order valence-electron chi connectivity index (χ0n) is 13.8. The van der Waals surface area contributed by atoms with Crippen LogP contribution in [0.2, 0.25) is 5.02 Å². The predicted octanol–water partition coefficient (Wildman–Crippen LogP) is 5.27. The van der Waals surface area contributed by atoms with Gasteiger partial charge in [0.2, 0.25) is 0 Å². The molecular weight excluding hydrogens is 322 g/mol. The molecule has 1 atom stereocenters. The Hall–Kier alpha value is -2.07. The first-order valence-corrected chi connectivity index (χ1v) is 8.79. The first-order valence-electron chi connectivity index (χ1n) is 8.41. The molecule has 2 amide bonds. The summed E-state index contributed by atoms with van der Waals surface area (Å²) in [5, 5.41) is 3.65. The van der Waals surface area contributed by atoms with Crippen molar-refractivity contribution < 1.29 is 4.79 Å². The normalized spacial score (nSPS) is 15.9. The van der Waals surface area contributed by atoms with Gasteiger partial charge in [-0.25, -0.2) is 4.79 Å². The number of halogens is 1. The van der Waals surface area contributed by atoms with Gasteiger partial charge in [-0.3, -0.25) is 4.98 Å². The van der Waals surface area contributed by atoms with Gasteiger partial charge in [0, 0.05) is 22.9 Å². The van der Waals surface area contributed by atoms with E-state index in [2.05, 4.69) is 10.3 Å². The van der Waals surface area contributed by atoms with E-state index in [1.54, 1.807) is 18.3 Å². The van der Waals surface area contributed by atoms with Crippen molar-refractivity contribution in [2.24, 2.45) is 0 Å². The van der Waals surface area contributed by atoms with Crippen LogP contribution in [0.25, 0.3) is 0 Å². The number of rotatable bonds is 4. The molecule has 3 rings (SSSR count). The maximum absolute atomic E-state index is 13.0. The van der Waals surface area contributed by atoms with E-state index < -0.39 is 0 Å². The van der Waals surface area contributed by atoms with Gasteiger partial charge in [0.1, 0.15) is 0 Å². The Morgan fingerprint density at radius 2 is 1.92 bits per heavy atom. The van der Waals surface area contributed by atoms with E-state index in [4.69, 9.17) is 11.6 Å². The summed E-state index contributed by atoms with van der Waals surface area (Å²) in [6.45, 7) is 2.04. The summed E-state index contributed by atoms with van der Waals surface area (Å²) in [5.74, 6) is 0. The molecule has 0 bridgehead atoms. The van der Waals surface area contributed by atoms with Crippen LogP contribution in [-0.2, 0) is 0 Å². The first-order chi connectivity index (χ1) is 11.6. The van der Waals surface area contributed by atoms with E-state index in [-0.39, 0.29) is 18.1 Å². The molecule has 1 aliphatic carbocycles. The van der Waals surface area contributed by atoms with Gasteiger partial charge >= 0.3 is 6.03 Å². The fraction of sp³-hybridized carbons (Fsp3) is 0.368. The molecule has 1 aromatic heterocycles. The molecular formula is C19H22ClN3O. The van der Waals surface area contributed by atoms with E-state index in [0.717, 1.165) is 24.2 Å². The summed E-state index contributed by atoms with van der Waals surface area (Å²) < 4.78 is 0. The number of hydrogen-bond donors (Lipinski definition) is 1. The third kappa shape index (κ3) is 3.88. The Balaban J connectivity index is 1.81. The van der Waals surface area contributed by atoms with E-state index in [1.807, 2.05) is 42.2 Å². The highest BCUT2D eigenvalue weighted by Crippen LogP contribution is 2.31. The van der Waals surface area contributed by atoms with Crippen LogP contribution in [0.5, 0.6) is 0 Å². The number of carbonyl (C=O) groups excluding carboxylic acids is 1. The Morgan fingerprint density at radius 3 is 2.54 bits per heavy atom. The van der Waals surface area contributed by atoms with Crippen LogP contribution in [0, 0.1) is 0 Å². The standard InChI is InChI=1S/C19H22ClN3O/c1-14(18-8-4-5-13-21-18)23(17-6-2-3-7-17)19(24)22-16-11-9-15(20)10-12-16/h4-5,8-14,17H,2-3,6-7H2,1H3,(H,22,24)/t14-/m0/s1. The number of nitrogens with zero attached hydrogens (tertiary/aromatic N) is 2.